The monoisotopic (exact) mass is 454 g/mol. The molecule has 0 aromatic rings. The normalized spacial score (nSPS) is 10.4. The number of carbonyl (C=O) groups excluding carboxylic acids is 4. The second-order valence-corrected chi connectivity index (χ2v) is 6.38. The van der Waals surface area contributed by atoms with Crippen molar-refractivity contribution in [2.75, 3.05) is 0 Å². The quantitative estimate of drug-likeness (QED) is 0.228. The van der Waals surface area contributed by atoms with Crippen molar-refractivity contribution in [2.45, 2.75) is 52.4 Å². The SMILES string of the molecule is CCCC(=O)OC(=O)CCC(=O)OC(=O)CCC.O=S(=O)(O)O.O=S(=O)(O)O. The van der Waals surface area contributed by atoms with Crippen LogP contribution in [0.2, 0.25) is 0 Å². The minimum atomic E-state index is -4.67. The largest absolute Gasteiger partial charge is 0.394 e. The van der Waals surface area contributed by atoms with Crippen LogP contribution < -0.4 is 0 Å². The smallest absolute Gasteiger partial charge is 0.393 e. The molecule has 0 aliphatic rings. The highest BCUT2D eigenvalue weighted by Gasteiger charge is 2.14. The van der Waals surface area contributed by atoms with Crippen LogP contribution in [0, 0.1) is 0 Å². The molecule has 0 aliphatic heterocycles. The maximum atomic E-state index is 11.1. The average Bonchev–Trinajstić information content (AvgIpc) is 2.42. The third kappa shape index (κ3) is 43.9. The van der Waals surface area contributed by atoms with Crippen LogP contribution in [0.25, 0.3) is 0 Å². The van der Waals surface area contributed by atoms with Crippen molar-refractivity contribution in [3.05, 3.63) is 0 Å². The molecule has 0 atom stereocenters. The standard InChI is InChI=1S/C12H18O6.2H2O4S/c1-3-5-9(13)17-11(15)7-8-12(16)18-10(14)6-4-2;2*1-5(2,3)4/h3-8H2,1-2H3;2*(H2,1,2,3,4). The van der Waals surface area contributed by atoms with Gasteiger partial charge in [-0.1, -0.05) is 13.8 Å². The lowest BCUT2D eigenvalue weighted by Crippen LogP contribution is -2.16. The average molecular weight is 454 g/mol. The van der Waals surface area contributed by atoms with Gasteiger partial charge in [0.15, 0.2) is 0 Å². The maximum Gasteiger partial charge on any atom is 0.394 e. The van der Waals surface area contributed by atoms with Gasteiger partial charge in [-0.15, -0.1) is 0 Å². The van der Waals surface area contributed by atoms with Crippen molar-refractivity contribution in [1.29, 1.82) is 0 Å². The van der Waals surface area contributed by atoms with Gasteiger partial charge >= 0.3 is 44.7 Å². The van der Waals surface area contributed by atoms with E-state index >= 15 is 0 Å². The Kier molecular flexibility index (Phi) is 17.6. The summed E-state index contributed by atoms with van der Waals surface area (Å²) >= 11 is 0. The molecular weight excluding hydrogens is 432 g/mol. The van der Waals surface area contributed by atoms with Crippen LogP contribution in [0.5, 0.6) is 0 Å². The Balaban J connectivity index is -0.000000512. The second-order valence-electron chi connectivity index (χ2n) is 4.59. The van der Waals surface area contributed by atoms with E-state index in [9.17, 15) is 19.2 Å². The molecule has 14 nitrogen and oxygen atoms in total. The number of carbonyl (C=O) groups is 4. The highest BCUT2D eigenvalue weighted by molar-refractivity contribution is 7.80. The van der Waals surface area contributed by atoms with Crippen molar-refractivity contribution in [3.8, 4) is 0 Å². The Hall–Kier alpha value is -1.98. The van der Waals surface area contributed by atoms with E-state index in [-0.39, 0.29) is 25.7 Å². The number of esters is 4. The molecule has 0 rings (SSSR count). The van der Waals surface area contributed by atoms with Gasteiger partial charge in [-0.3, -0.25) is 37.4 Å². The van der Waals surface area contributed by atoms with Gasteiger partial charge in [-0.05, 0) is 12.8 Å². The van der Waals surface area contributed by atoms with Gasteiger partial charge in [0.25, 0.3) is 0 Å². The zero-order chi connectivity index (χ0) is 23.0. The first kappa shape index (κ1) is 30.7. The van der Waals surface area contributed by atoms with E-state index in [4.69, 9.17) is 35.0 Å². The van der Waals surface area contributed by atoms with Crippen LogP contribution in [-0.4, -0.2) is 58.9 Å². The Labute approximate surface area is 161 Å². The molecule has 166 valence electrons. The minimum absolute atomic E-state index is 0.158. The Morgan fingerprint density at radius 3 is 0.929 bits per heavy atom. The summed E-state index contributed by atoms with van der Waals surface area (Å²) in [5.74, 6) is -2.79. The molecule has 0 fully saturated rings. The van der Waals surface area contributed by atoms with E-state index in [0.717, 1.165) is 0 Å². The summed E-state index contributed by atoms with van der Waals surface area (Å²) in [7, 11) is -9.33. The third-order valence-corrected chi connectivity index (χ3v) is 1.90. The lowest BCUT2D eigenvalue weighted by Gasteiger charge is -2.02. The fourth-order valence-electron chi connectivity index (χ4n) is 1.07. The number of hydrogen-bond donors (Lipinski definition) is 4. The maximum absolute atomic E-state index is 11.1. The lowest BCUT2D eigenvalue weighted by molar-refractivity contribution is -0.165. The number of ether oxygens (including phenoxy) is 2. The van der Waals surface area contributed by atoms with Crippen molar-refractivity contribution in [3.63, 3.8) is 0 Å². The van der Waals surface area contributed by atoms with Gasteiger partial charge in [-0.25, -0.2) is 0 Å². The van der Waals surface area contributed by atoms with Crippen LogP contribution in [-0.2, 0) is 49.4 Å². The van der Waals surface area contributed by atoms with E-state index < -0.39 is 44.7 Å². The first-order valence-corrected chi connectivity index (χ1v) is 10.2. The predicted molar refractivity (Wildman–Crippen MR) is 89.6 cm³/mol. The van der Waals surface area contributed by atoms with E-state index in [1.165, 1.54) is 0 Å². The molecule has 0 aromatic heterocycles. The van der Waals surface area contributed by atoms with E-state index in [2.05, 4.69) is 9.47 Å². The van der Waals surface area contributed by atoms with Crippen molar-refractivity contribution in [1.82, 2.24) is 0 Å². The molecule has 0 saturated heterocycles. The molecule has 0 saturated carbocycles. The molecule has 4 N–H and O–H groups in total. The Bertz CT molecular complexity index is 629. The van der Waals surface area contributed by atoms with Crippen molar-refractivity contribution in [2.24, 2.45) is 0 Å². The highest BCUT2D eigenvalue weighted by atomic mass is 32.3. The Morgan fingerprint density at radius 1 is 0.571 bits per heavy atom. The van der Waals surface area contributed by atoms with Gasteiger partial charge in [0.05, 0.1) is 12.8 Å². The molecule has 0 spiro atoms. The molecule has 0 aliphatic carbocycles. The van der Waals surface area contributed by atoms with E-state index in [1.807, 2.05) is 0 Å². The van der Waals surface area contributed by atoms with Crippen LogP contribution in [0.15, 0.2) is 0 Å². The fraction of sp³-hybridized carbons (Fsp3) is 0.667. The molecule has 0 heterocycles. The van der Waals surface area contributed by atoms with Crippen molar-refractivity contribution >= 4 is 44.7 Å². The summed E-state index contributed by atoms with van der Waals surface area (Å²) in [4.78, 5) is 44.1. The predicted octanol–water partition coefficient (Wildman–Crippen LogP) is 0.201. The molecule has 0 aromatic carbocycles. The second kappa shape index (κ2) is 16.0. The molecular formula is C12H22O14S2. The highest BCUT2D eigenvalue weighted by Crippen LogP contribution is 2.00. The van der Waals surface area contributed by atoms with Crippen molar-refractivity contribution < 1.29 is 63.7 Å². The summed E-state index contributed by atoms with van der Waals surface area (Å²) in [5, 5.41) is 0. The summed E-state index contributed by atoms with van der Waals surface area (Å²) in [6, 6.07) is 0. The van der Waals surface area contributed by atoms with Gasteiger partial charge < -0.3 is 9.47 Å². The molecule has 16 heteroatoms. The topological polar surface area (TPSA) is 236 Å². The third-order valence-electron chi connectivity index (χ3n) is 1.90. The van der Waals surface area contributed by atoms with Crippen LogP contribution >= 0.6 is 0 Å². The first-order valence-electron chi connectivity index (χ1n) is 7.36. The molecule has 0 amide bonds. The van der Waals surface area contributed by atoms with Gasteiger partial charge in [-0.2, -0.15) is 16.8 Å². The Morgan fingerprint density at radius 2 is 0.750 bits per heavy atom. The van der Waals surface area contributed by atoms with E-state index in [0.29, 0.717) is 12.8 Å². The summed E-state index contributed by atoms with van der Waals surface area (Å²) in [6.07, 6.45) is 0.942. The number of hydrogen-bond acceptors (Lipinski definition) is 10. The summed E-state index contributed by atoms with van der Waals surface area (Å²) in [5.41, 5.74) is 0. The first-order chi connectivity index (χ1) is 12.5. The zero-order valence-electron chi connectivity index (χ0n) is 14.9. The molecule has 0 unspecified atom stereocenters. The minimum Gasteiger partial charge on any atom is -0.393 e. The van der Waals surface area contributed by atoms with Gasteiger partial charge in [0.2, 0.25) is 0 Å². The fourth-order valence-corrected chi connectivity index (χ4v) is 1.07. The zero-order valence-corrected chi connectivity index (χ0v) is 16.6. The molecule has 28 heavy (non-hydrogen) atoms. The van der Waals surface area contributed by atoms with Crippen LogP contribution in [0.3, 0.4) is 0 Å². The van der Waals surface area contributed by atoms with Gasteiger partial charge in [0.1, 0.15) is 0 Å². The molecule has 0 radical (unpaired) electrons. The van der Waals surface area contributed by atoms with Gasteiger partial charge in [0, 0.05) is 12.8 Å². The summed E-state index contributed by atoms with van der Waals surface area (Å²) in [6.45, 7) is 3.56. The molecule has 0 bridgehead atoms. The lowest BCUT2D eigenvalue weighted by atomic mass is 10.3. The summed E-state index contributed by atoms with van der Waals surface area (Å²) < 4.78 is 72.0. The van der Waals surface area contributed by atoms with E-state index in [1.54, 1.807) is 13.8 Å². The van der Waals surface area contributed by atoms with Crippen LogP contribution in [0.1, 0.15) is 52.4 Å². The number of rotatable bonds is 7. The van der Waals surface area contributed by atoms with Crippen LogP contribution in [0.4, 0.5) is 0 Å².